The van der Waals surface area contributed by atoms with Gasteiger partial charge < -0.3 is 10.2 Å². The van der Waals surface area contributed by atoms with E-state index in [0.29, 0.717) is 23.8 Å². The molecule has 1 saturated heterocycles. The third-order valence-corrected chi connectivity index (χ3v) is 4.85. The van der Waals surface area contributed by atoms with Crippen molar-refractivity contribution in [2.45, 2.75) is 71.3 Å². The summed E-state index contributed by atoms with van der Waals surface area (Å²) in [5.74, 6) is 1.44. The number of piperidine rings is 1. The molecule has 1 atom stereocenters. The van der Waals surface area contributed by atoms with Gasteiger partial charge in [-0.3, -0.25) is 4.79 Å². The molecule has 116 valence electrons. The average molecular weight is 280 g/mol. The number of rotatable bonds is 4. The van der Waals surface area contributed by atoms with Crippen molar-refractivity contribution < 1.29 is 4.79 Å². The molecule has 1 heterocycles. The van der Waals surface area contributed by atoms with Gasteiger partial charge in [-0.2, -0.15) is 0 Å². The smallest absolute Gasteiger partial charge is 0.225 e. The Balaban J connectivity index is 1.82. The van der Waals surface area contributed by atoms with Crippen LogP contribution in [0.5, 0.6) is 0 Å². The van der Waals surface area contributed by atoms with Crippen molar-refractivity contribution in [2.75, 3.05) is 19.6 Å². The Morgan fingerprint density at radius 1 is 1.10 bits per heavy atom. The monoisotopic (exact) mass is 280 g/mol. The molecule has 3 heteroatoms. The lowest BCUT2D eigenvalue weighted by atomic mass is 9.93. The van der Waals surface area contributed by atoms with E-state index in [1.165, 1.54) is 38.5 Å². The number of carbonyl (C=O) groups excluding carboxylic acids is 1. The van der Waals surface area contributed by atoms with E-state index in [-0.39, 0.29) is 0 Å². The first-order valence-corrected chi connectivity index (χ1v) is 8.69. The summed E-state index contributed by atoms with van der Waals surface area (Å²) in [4.78, 5) is 14.9. The van der Waals surface area contributed by atoms with Gasteiger partial charge in [-0.15, -0.1) is 0 Å². The molecule has 2 rings (SSSR count). The highest BCUT2D eigenvalue weighted by Crippen LogP contribution is 2.26. The van der Waals surface area contributed by atoms with E-state index in [0.717, 1.165) is 32.5 Å². The summed E-state index contributed by atoms with van der Waals surface area (Å²) in [6.07, 6.45) is 9.87. The van der Waals surface area contributed by atoms with Crippen LogP contribution in [0.4, 0.5) is 0 Å². The first kappa shape index (κ1) is 15.8. The van der Waals surface area contributed by atoms with Gasteiger partial charge in [0.05, 0.1) is 0 Å². The van der Waals surface area contributed by atoms with Crippen molar-refractivity contribution in [3.63, 3.8) is 0 Å². The van der Waals surface area contributed by atoms with Gasteiger partial charge in [-0.25, -0.2) is 0 Å². The molecule has 1 amide bonds. The zero-order valence-electron chi connectivity index (χ0n) is 13.4. The van der Waals surface area contributed by atoms with Crippen LogP contribution in [0.3, 0.4) is 0 Å². The van der Waals surface area contributed by atoms with Crippen LogP contribution < -0.4 is 5.32 Å². The molecule has 1 aliphatic heterocycles. The molecule has 0 bridgehead atoms. The molecule has 2 fully saturated rings. The molecule has 0 aromatic heterocycles. The van der Waals surface area contributed by atoms with E-state index >= 15 is 0 Å². The maximum atomic E-state index is 12.7. The highest BCUT2D eigenvalue weighted by molar-refractivity contribution is 5.79. The maximum Gasteiger partial charge on any atom is 0.225 e. The first-order valence-electron chi connectivity index (χ1n) is 8.69. The van der Waals surface area contributed by atoms with Crippen LogP contribution in [0.15, 0.2) is 0 Å². The average Bonchev–Trinajstić information content (AvgIpc) is 2.73. The summed E-state index contributed by atoms with van der Waals surface area (Å²) < 4.78 is 0. The summed E-state index contributed by atoms with van der Waals surface area (Å²) in [6.45, 7) is 7.42. The highest BCUT2D eigenvalue weighted by Gasteiger charge is 2.29. The number of hydrogen-bond acceptors (Lipinski definition) is 2. The third kappa shape index (κ3) is 4.76. The van der Waals surface area contributed by atoms with Gasteiger partial charge in [0.15, 0.2) is 0 Å². The Morgan fingerprint density at radius 2 is 1.80 bits per heavy atom. The summed E-state index contributed by atoms with van der Waals surface area (Å²) in [5.41, 5.74) is 0. The minimum Gasteiger partial charge on any atom is -0.342 e. The van der Waals surface area contributed by atoms with Crippen LogP contribution in [0, 0.1) is 11.8 Å². The van der Waals surface area contributed by atoms with Gasteiger partial charge in [-0.1, -0.05) is 39.5 Å². The molecule has 0 radical (unpaired) electrons. The molecule has 0 aromatic rings. The third-order valence-electron chi connectivity index (χ3n) is 4.85. The number of carbonyl (C=O) groups is 1. The molecule has 1 aliphatic carbocycles. The molecule has 1 N–H and O–H groups in total. The van der Waals surface area contributed by atoms with Gasteiger partial charge in [0.2, 0.25) is 5.91 Å². The van der Waals surface area contributed by atoms with Crippen molar-refractivity contribution in [3.8, 4) is 0 Å². The van der Waals surface area contributed by atoms with Gasteiger partial charge in [-0.05, 0) is 38.1 Å². The number of hydrogen-bond donors (Lipinski definition) is 1. The Bertz CT molecular complexity index is 295. The van der Waals surface area contributed by atoms with Gasteiger partial charge >= 0.3 is 0 Å². The van der Waals surface area contributed by atoms with Gasteiger partial charge in [0.25, 0.3) is 0 Å². The van der Waals surface area contributed by atoms with Crippen molar-refractivity contribution in [2.24, 2.45) is 11.8 Å². The summed E-state index contributed by atoms with van der Waals surface area (Å²) in [7, 11) is 0. The zero-order chi connectivity index (χ0) is 14.4. The fourth-order valence-corrected chi connectivity index (χ4v) is 3.62. The summed E-state index contributed by atoms with van der Waals surface area (Å²) >= 11 is 0. The van der Waals surface area contributed by atoms with Crippen molar-refractivity contribution in [1.82, 2.24) is 10.2 Å². The predicted molar refractivity (Wildman–Crippen MR) is 83.6 cm³/mol. The van der Waals surface area contributed by atoms with E-state index < -0.39 is 0 Å². The second kappa shape index (κ2) is 8.02. The lowest BCUT2D eigenvalue weighted by Gasteiger charge is -2.35. The molecular formula is C17H32N2O. The van der Waals surface area contributed by atoms with Crippen LogP contribution in [0.25, 0.3) is 0 Å². The lowest BCUT2D eigenvalue weighted by Crippen LogP contribution is -2.45. The van der Waals surface area contributed by atoms with Crippen molar-refractivity contribution >= 4 is 5.91 Å². The second-order valence-corrected chi connectivity index (χ2v) is 7.04. The molecular weight excluding hydrogens is 248 g/mol. The van der Waals surface area contributed by atoms with E-state index in [1.807, 2.05) is 0 Å². The molecule has 0 aromatic carbocycles. The van der Waals surface area contributed by atoms with Crippen LogP contribution >= 0.6 is 0 Å². The van der Waals surface area contributed by atoms with Crippen molar-refractivity contribution in [3.05, 3.63) is 0 Å². The minimum atomic E-state index is 0.328. The van der Waals surface area contributed by atoms with Crippen LogP contribution in [-0.4, -0.2) is 36.5 Å². The van der Waals surface area contributed by atoms with E-state index in [1.54, 1.807) is 0 Å². The molecule has 3 nitrogen and oxygen atoms in total. The fourth-order valence-electron chi connectivity index (χ4n) is 3.62. The first-order chi connectivity index (χ1) is 9.66. The van der Waals surface area contributed by atoms with Gasteiger partial charge in [0.1, 0.15) is 0 Å². The van der Waals surface area contributed by atoms with Crippen LogP contribution in [0.2, 0.25) is 0 Å². The molecule has 0 spiro atoms. The number of nitrogens with one attached hydrogen (secondary N) is 1. The normalized spacial score (nSPS) is 25.8. The topological polar surface area (TPSA) is 32.3 Å². The summed E-state index contributed by atoms with van der Waals surface area (Å²) in [5, 5.41) is 3.53. The van der Waals surface area contributed by atoms with Crippen LogP contribution in [0.1, 0.15) is 65.2 Å². The Hall–Kier alpha value is -0.570. The van der Waals surface area contributed by atoms with Crippen molar-refractivity contribution in [1.29, 1.82) is 0 Å². The Kier molecular flexibility index (Phi) is 6.34. The van der Waals surface area contributed by atoms with Crippen LogP contribution in [-0.2, 0) is 4.79 Å². The SMILES string of the molecule is CC(C)NCC1CCCN(C(=O)C2CCCCCC2)C1. The zero-order valence-corrected chi connectivity index (χ0v) is 13.4. The minimum absolute atomic E-state index is 0.328. The van der Waals surface area contributed by atoms with E-state index in [9.17, 15) is 4.79 Å². The van der Waals surface area contributed by atoms with E-state index in [2.05, 4.69) is 24.1 Å². The Morgan fingerprint density at radius 3 is 2.45 bits per heavy atom. The molecule has 1 saturated carbocycles. The lowest BCUT2D eigenvalue weighted by molar-refractivity contribution is -0.137. The number of amides is 1. The van der Waals surface area contributed by atoms with E-state index in [4.69, 9.17) is 0 Å². The molecule has 2 aliphatic rings. The quantitative estimate of drug-likeness (QED) is 0.802. The predicted octanol–water partition coefficient (Wildman–Crippen LogP) is 3.19. The van der Waals surface area contributed by atoms with Gasteiger partial charge in [0, 0.05) is 25.0 Å². The Labute approximate surface area is 124 Å². The second-order valence-electron chi connectivity index (χ2n) is 7.04. The maximum absolute atomic E-state index is 12.7. The number of nitrogens with zero attached hydrogens (tertiary/aromatic N) is 1. The standard InChI is InChI=1S/C17H32N2O/c1-14(2)18-12-15-8-7-11-19(13-15)17(20)16-9-5-3-4-6-10-16/h14-16,18H,3-13H2,1-2H3. The largest absolute Gasteiger partial charge is 0.342 e. The highest BCUT2D eigenvalue weighted by atomic mass is 16.2. The number of likely N-dealkylation sites (tertiary alicyclic amines) is 1. The fraction of sp³-hybridized carbons (Fsp3) is 0.941. The molecule has 1 unspecified atom stereocenters. The molecule has 20 heavy (non-hydrogen) atoms. The summed E-state index contributed by atoms with van der Waals surface area (Å²) in [6, 6.07) is 0.544.